The van der Waals surface area contributed by atoms with Crippen molar-refractivity contribution in [3.8, 4) is 0 Å². The summed E-state index contributed by atoms with van der Waals surface area (Å²) in [6.45, 7) is 9.82. The van der Waals surface area contributed by atoms with Crippen LogP contribution in [0.5, 0.6) is 0 Å². The molecule has 9 nitrogen and oxygen atoms in total. The standard InChI is InChI=1S/C34H38N4O5/c1-17-12-22-13-26-18(2)23(8-10-32(40)42-6)29(36-26)16-30-24(9-11-33(41)43-7)19(3)27(37-30)15-28-20(4)34(21(5)39)31(38-28)14-25(17)35-22/h12-16,21,35,38-39H,8-11H2,1-7H3/t21-/m1/s1. The molecule has 1 atom stereocenters. The number of aromatic amines is 2. The van der Waals surface area contributed by atoms with Crippen molar-refractivity contribution in [3.05, 3.63) is 69.8 Å². The number of methoxy groups -OCH3 is 2. The molecule has 2 aliphatic rings. The zero-order valence-corrected chi connectivity index (χ0v) is 25.8. The molecule has 2 aliphatic heterocycles. The maximum absolute atomic E-state index is 12.1. The number of hydrogen-bond acceptors (Lipinski definition) is 7. The molecule has 0 amide bonds. The summed E-state index contributed by atoms with van der Waals surface area (Å²) in [5.74, 6) is -0.582. The largest absolute Gasteiger partial charge is 0.469 e. The van der Waals surface area contributed by atoms with E-state index in [9.17, 15) is 14.7 Å². The zero-order chi connectivity index (χ0) is 31.0. The highest BCUT2D eigenvalue weighted by Gasteiger charge is 2.23. The van der Waals surface area contributed by atoms with Gasteiger partial charge in [0, 0.05) is 40.5 Å². The molecule has 0 fully saturated rings. The molecule has 0 unspecified atom stereocenters. The van der Waals surface area contributed by atoms with Gasteiger partial charge in [0.2, 0.25) is 0 Å². The van der Waals surface area contributed by atoms with Crippen LogP contribution >= 0.6 is 0 Å². The van der Waals surface area contributed by atoms with E-state index < -0.39 is 6.10 Å². The summed E-state index contributed by atoms with van der Waals surface area (Å²) in [4.78, 5) is 41.3. The monoisotopic (exact) mass is 582 g/mol. The first-order chi connectivity index (χ1) is 20.5. The van der Waals surface area contributed by atoms with Crippen molar-refractivity contribution in [2.24, 2.45) is 0 Å². The van der Waals surface area contributed by atoms with Crippen molar-refractivity contribution < 1.29 is 24.2 Å². The molecule has 5 heterocycles. The predicted molar refractivity (Wildman–Crippen MR) is 169 cm³/mol. The molecule has 0 spiro atoms. The smallest absolute Gasteiger partial charge is 0.305 e. The Morgan fingerprint density at radius 3 is 1.84 bits per heavy atom. The Bertz CT molecular complexity index is 1860. The van der Waals surface area contributed by atoms with Gasteiger partial charge in [-0.1, -0.05) is 0 Å². The van der Waals surface area contributed by atoms with Crippen LogP contribution in [-0.2, 0) is 19.1 Å². The molecule has 0 radical (unpaired) electrons. The second kappa shape index (κ2) is 12.0. The zero-order valence-electron chi connectivity index (χ0n) is 25.8. The number of carbonyl (C=O) groups excluding carboxylic acids is 2. The van der Waals surface area contributed by atoms with Crippen molar-refractivity contribution in [1.82, 2.24) is 19.9 Å². The number of H-pyrrole nitrogens is 2. The summed E-state index contributed by atoms with van der Waals surface area (Å²) < 4.78 is 9.84. The first-order valence-corrected chi connectivity index (χ1v) is 14.5. The predicted octanol–water partition coefficient (Wildman–Crippen LogP) is 6.75. The fraction of sp³-hybridized carbons (Fsp3) is 0.353. The van der Waals surface area contributed by atoms with E-state index in [1.165, 1.54) is 14.2 Å². The summed E-state index contributed by atoms with van der Waals surface area (Å²) >= 11 is 0. The van der Waals surface area contributed by atoms with E-state index in [0.29, 0.717) is 18.5 Å². The van der Waals surface area contributed by atoms with Crippen molar-refractivity contribution in [2.75, 3.05) is 14.2 Å². The minimum absolute atomic E-state index is 0.214. The van der Waals surface area contributed by atoms with Gasteiger partial charge in [-0.3, -0.25) is 9.59 Å². The lowest BCUT2D eigenvalue weighted by molar-refractivity contribution is -0.141. The van der Waals surface area contributed by atoms with Gasteiger partial charge in [-0.25, -0.2) is 9.97 Å². The van der Waals surface area contributed by atoms with E-state index in [1.807, 2.05) is 52.0 Å². The van der Waals surface area contributed by atoms with Crippen LogP contribution in [0.3, 0.4) is 0 Å². The average molecular weight is 583 g/mol. The second-order valence-corrected chi connectivity index (χ2v) is 11.2. The average Bonchev–Trinajstić information content (AvgIpc) is 3.65. The third-order valence-corrected chi connectivity index (χ3v) is 8.38. The van der Waals surface area contributed by atoms with Gasteiger partial charge in [0.05, 0.1) is 43.1 Å². The number of aliphatic hydroxyl groups excluding tert-OH is 1. The number of aromatic nitrogens is 4. The van der Waals surface area contributed by atoms with Crippen LogP contribution < -0.4 is 0 Å². The minimum atomic E-state index is -0.682. The lowest BCUT2D eigenvalue weighted by Gasteiger charge is -2.06. The van der Waals surface area contributed by atoms with Gasteiger partial charge in [-0.05, 0) is 111 Å². The Balaban J connectivity index is 1.85. The number of ether oxygens (including phenoxy) is 2. The quantitative estimate of drug-likeness (QED) is 0.263. The number of fused-ring (bicyclic) bond motifs is 8. The maximum Gasteiger partial charge on any atom is 0.305 e. The van der Waals surface area contributed by atoms with Crippen LogP contribution in [0.25, 0.3) is 44.4 Å². The Hall–Kier alpha value is -4.50. The minimum Gasteiger partial charge on any atom is -0.469 e. The van der Waals surface area contributed by atoms with Gasteiger partial charge in [-0.2, -0.15) is 0 Å². The Kier molecular flexibility index (Phi) is 8.37. The lowest BCUT2D eigenvalue weighted by atomic mass is 9.98. The van der Waals surface area contributed by atoms with Gasteiger partial charge in [0.1, 0.15) is 0 Å². The van der Waals surface area contributed by atoms with E-state index >= 15 is 0 Å². The first-order valence-electron chi connectivity index (χ1n) is 14.5. The fourth-order valence-corrected chi connectivity index (χ4v) is 5.90. The number of carbonyl (C=O) groups is 2. The molecule has 5 rings (SSSR count). The van der Waals surface area contributed by atoms with Gasteiger partial charge in [-0.15, -0.1) is 0 Å². The molecule has 0 aliphatic carbocycles. The molecule has 0 saturated carbocycles. The summed E-state index contributed by atoms with van der Waals surface area (Å²) in [7, 11) is 2.77. The Morgan fingerprint density at radius 1 is 0.744 bits per heavy atom. The molecular weight excluding hydrogens is 544 g/mol. The molecule has 3 aromatic heterocycles. The molecule has 9 heteroatoms. The third kappa shape index (κ3) is 5.90. The van der Waals surface area contributed by atoms with E-state index in [1.54, 1.807) is 6.92 Å². The third-order valence-electron chi connectivity index (χ3n) is 8.38. The molecular formula is C34H38N4O5. The lowest BCUT2D eigenvalue weighted by Crippen LogP contribution is -2.01. The van der Waals surface area contributed by atoms with Crippen molar-refractivity contribution in [3.63, 3.8) is 0 Å². The van der Waals surface area contributed by atoms with Gasteiger partial charge >= 0.3 is 11.9 Å². The molecule has 8 bridgehead atoms. The number of esters is 2. The summed E-state index contributed by atoms with van der Waals surface area (Å²) in [6, 6.07) is 10.0. The molecule has 0 aromatic carbocycles. The summed E-state index contributed by atoms with van der Waals surface area (Å²) in [5, 5.41) is 10.7. The van der Waals surface area contributed by atoms with E-state index in [4.69, 9.17) is 19.4 Å². The molecule has 224 valence electrons. The van der Waals surface area contributed by atoms with Gasteiger partial charge in [0.15, 0.2) is 0 Å². The Labute approximate surface area is 250 Å². The van der Waals surface area contributed by atoms with Crippen LogP contribution in [0.4, 0.5) is 0 Å². The number of nitrogens with one attached hydrogen (secondary N) is 2. The maximum atomic E-state index is 12.1. The molecule has 3 N–H and O–H groups in total. The van der Waals surface area contributed by atoms with Crippen molar-refractivity contribution >= 4 is 56.3 Å². The number of allylic oxidation sites excluding steroid dienone is 4. The summed E-state index contributed by atoms with van der Waals surface area (Å²) in [6.07, 6.45) is 0.681. The van der Waals surface area contributed by atoms with Crippen LogP contribution in [0.2, 0.25) is 0 Å². The van der Waals surface area contributed by atoms with Crippen LogP contribution in [0, 0.1) is 13.8 Å². The highest BCUT2D eigenvalue weighted by molar-refractivity contribution is 5.96. The summed E-state index contributed by atoms with van der Waals surface area (Å²) in [5.41, 5.74) is 13.1. The first kappa shape index (κ1) is 30.0. The van der Waals surface area contributed by atoms with Crippen molar-refractivity contribution in [1.29, 1.82) is 0 Å². The van der Waals surface area contributed by atoms with Crippen LogP contribution in [-0.4, -0.2) is 51.2 Å². The topological polar surface area (TPSA) is 130 Å². The molecule has 43 heavy (non-hydrogen) atoms. The van der Waals surface area contributed by atoms with Crippen LogP contribution in [0.1, 0.15) is 92.0 Å². The molecule has 0 saturated heterocycles. The number of aryl methyl sites for hydroxylation is 2. The highest BCUT2D eigenvalue weighted by Crippen LogP contribution is 2.38. The van der Waals surface area contributed by atoms with E-state index in [0.717, 1.165) is 78.1 Å². The van der Waals surface area contributed by atoms with Crippen LogP contribution in [0.15, 0.2) is 30.3 Å². The molecule has 3 aromatic rings. The van der Waals surface area contributed by atoms with E-state index in [2.05, 4.69) is 16.0 Å². The second-order valence-electron chi connectivity index (χ2n) is 11.2. The normalized spacial score (nSPS) is 13.9. The SMILES string of the molecule is COC(=O)CCC1=C(C)c2cc3cc(C)c(cc4[nH]c(cc5nc(cc1n2)C(CCC(=O)OC)=C5C)c(C)c4[C@@H](C)O)[nH]3. The Morgan fingerprint density at radius 2 is 1.30 bits per heavy atom. The number of hydrogen-bond donors (Lipinski definition) is 3. The number of rotatable bonds is 7. The van der Waals surface area contributed by atoms with Gasteiger partial charge in [0.25, 0.3) is 0 Å². The number of aliphatic hydroxyl groups is 1. The van der Waals surface area contributed by atoms with E-state index in [-0.39, 0.29) is 24.8 Å². The van der Waals surface area contributed by atoms with Gasteiger partial charge < -0.3 is 24.5 Å². The highest BCUT2D eigenvalue weighted by atomic mass is 16.5. The fourth-order valence-electron chi connectivity index (χ4n) is 5.90. The van der Waals surface area contributed by atoms with Crippen molar-refractivity contribution in [2.45, 2.75) is 66.4 Å². The number of nitrogens with zero attached hydrogens (tertiary/aromatic N) is 2.